The summed E-state index contributed by atoms with van der Waals surface area (Å²) in [6, 6.07) is 7.45. The molecule has 0 atom stereocenters. The number of hydrogen-bond donors (Lipinski definition) is 2. The molecule has 132 valence electrons. The number of piperazine rings is 1. The van der Waals surface area contributed by atoms with Crippen LogP contribution in [-0.2, 0) is 9.59 Å². The summed E-state index contributed by atoms with van der Waals surface area (Å²) in [7, 11) is 0. The van der Waals surface area contributed by atoms with E-state index in [0.29, 0.717) is 31.7 Å². The highest BCUT2D eigenvalue weighted by molar-refractivity contribution is 5.94. The Hall–Kier alpha value is -2.12. The van der Waals surface area contributed by atoms with E-state index < -0.39 is 0 Å². The van der Waals surface area contributed by atoms with Crippen molar-refractivity contribution in [2.24, 2.45) is 5.73 Å². The molecule has 0 unspecified atom stereocenters. The van der Waals surface area contributed by atoms with Gasteiger partial charge in [0.15, 0.2) is 0 Å². The van der Waals surface area contributed by atoms with Crippen LogP contribution >= 0.6 is 12.4 Å². The molecule has 1 aliphatic heterocycles. The zero-order chi connectivity index (χ0) is 16.8. The number of nitrogens with zero attached hydrogens (tertiary/aromatic N) is 2. The number of rotatable bonds is 4. The van der Waals surface area contributed by atoms with Crippen LogP contribution in [0.2, 0.25) is 0 Å². The molecular weight excluding hydrogens is 332 g/mol. The first-order valence-corrected chi connectivity index (χ1v) is 7.61. The smallest absolute Gasteiger partial charge is 0.253 e. The Morgan fingerprint density at radius 3 is 2.12 bits per heavy atom. The summed E-state index contributed by atoms with van der Waals surface area (Å²) in [5.74, 6) is -0.533. The van der Waals surface area contributed by atoms with Crippen LogP contribution in [0.1, 0.15) is 15.9 Å². The highest BCUT2D eigenvalue weighted by atomic mass is 35.5. The predicted octanol–water partition coefficient (Wildman–Crippen LogP) is -0.224. The summed E-state index contributed by atoms with van der Waals surface area (Å²) in [4.78, 5) is 38.8. The van der Waals surface area contributed by atoms with E-state index in [1.54, 1.807) is 9.80 Å². The Bertz CT molecular complexity index is 583. The van der Waals surface area contributed by atoms with Gasteiger partial charge >= 0.3 is 0 Å². The maximum absolute atomic E-state index is 12.4. The van der Waals surface area contributed by atoms with Crippen molar-refractivity contribution in [1.82, 2.24) is 15.1 Å². The zero-order valence-electron chi connectivity index (χ0n) is 13.7. The number of amides is 3. The third-order valence-electron chi connectivity index (χ3n) is 3.84. The van der Waals surface area contributed by atoms with E-state index in [9.17, 15) is 14.4 Å². The van der Waals surface area contributed by atoms with Crippen molar-refractivity contribution in [1.29, 1.82) is 0 Å². The SMILES string of the molecule is Cc1ccc(C(=O)N2CCN(C(=O)CNC(=O)CN)CC2)cc1.Cl. The van der Waals surface area contributed by atoms with Crippen molar-refractivity contribution in [3.8, 4) is 0 Å². The first-order valence-electron chi connectivity index (χ1n) is 7.61. The predicted molar refractivity (Wildman–Crippen MR) is 93.0 cm³/mol. The second-order valence-corrected chi connectivity index (χ2v) is 5.52. The number of carbonyl (C=O) groups is 3. The number of halogens is 1. The fraction of sp³-hybridized carbons (Fsp3) is 0.438. The Morgan fingerprint density at radius 1 is 1.04 bits per heavy atom. The van der Waals surface area contributed by atoms with E-state index in [0.717, 1.165) is 5.56 Å². The van der Waals surface area contributed by atoms with Gasteiger partial charge < -0.3 is 20.9 Å². The Labute approximate surface area is 147 Å². The van der Waals surface area contributed by atoms with Crippen LogP contribution < -0.4 is 11.1 Å². The van der Waals surface area contributed by atoms with Gasteiger partial charge in [-0.05, 0) is 19.1 Å². The highest BCUT2D eigenvalue weighted by Gasteiger charge is 2.24. The molecule has 2 rings (SSSR count). The Kier molecular flexibility index (Phi) is 7.67. The van der Waals surface area contributed by atoms with Gasteiger partial charge in [0, 0.05) is 31.7 Å². The van der Waals surface area contributed by atoms with Crippen molar-refractivity contribution in [2.45, 2.75) is 6.92 Å². The van der Waals surface area contributed by atoms with Crippen molar-refractivity contribution in [3.63, 3.8) is 0 Å². The Morgan fingerprint density at radius 2 is 1.58 bits per heavy atom. The molecule has 1 heterocycles. The fourth-order valence-corrected chi connectivity index (χ4v) is 2.40. The maximum atomic E-state index is 12.4. The monoisotopic (exact) mass is 354 g/mol. The molecule has 0 bridgehead atoms. The van der Waals surface area contributed by atoms with Crippen LogP contribution in [0, 0.1) is 6.92 Å². The fourth-order valence-electron chi connectivity index (χ4n) is 2.40. The minimum Gasteiger partial charge on any atom is -0.346 e. The summed E-state index contributed by atoms with van der Waals surface area (Å²) >= 11 is 0. The highest BCUT2D eigenvalue weighted by Crippen LogP contribution is 2.10. The average molecular weight is 355 g/mol. The van der Waals surface area contributed by atoms with Gasteiger partial charge in [0.1, 0.15) is 0 Å². The van der Waals surface area contributed by atoms with Crippen molar-refractivity contribution in [3.05, 3.63) is 35.4 Å². The van der Waals surface area contributed by atoms with Crippen LogP contribution in [0.25, 0.3) is 0 Å². The molecule has 0 saturated carbocycles. The molecule has 8 heteroatoms. The van der Waals surface area contributed by atoms with Crippen LogP contribution in [0.3, 0.4) is 0 Å². The quantitative estimate of drug-likeness (QED) is 0.781. The van der Waals surface area contributed by atoms with E-state index in [1.165, 1.54) is 0 Å². The summed E-state index contributed by atoms with van der Waals surface area (Å²) < 4.78 is 0. The molecule has 0 aromatic heterocycles. The number of carbonyl (C=O) groups excluding carboxylic acids is 3. The van der Waals surface area contributed by atoms with Crippen molar-refractivity contribution < 1.29 is 14.4 Å². The summed E-state index contributed by atoms with van der Waals surface area (Å²) in [5, 5.41) is 2.46. The van der Waals surface area contributed by atoms with E-state index in [2.05, 4.69) is 5.32 Å². The molecule has 0 spiro atoms. The molecule has 3 N–H and O–H groups in total. The molecule has 1 saturated heterocycles. The van der Waals surface area contributed by atoms with Gasteiger partial charge in [0.2, 0.25) is 11.8 Å². The van der Waals surface area contributed by atoms with Gasteiger partial charge in [0.25, 0.3) is 5.91 Å². The lowest BCUT2D eigenvalue weighted by atomic mass is 10.1. The van der Waals surface area contributed by atoms with Gasteiger partial charge in [0.05, 0.1) is 13.1 Å². The van der Waals surface area contributed by atoms with Gasteiger partial charge in [-0.3, -0.25) is 14.4 Å². The first kappa shape index (κ1) is 19.9. The third kappa shape index (κ3) is 5.21. The molecule has 24 heavy (non-hydrogen) atoms. The Balaban J connectivity index is 0.00000288. The number of hydrogen-bond acceptors (Lipinski definition) is 4. The summed E-state index contributed by atoms with van der Waals surface area (Å²) in [5.41, 5.74) is 6.94. The lowest BCUT2D eigenvalue weighted by Crippen LogP contribution is -2.52. The van der Waals surface area contributed by atoms with Crippen LogP contribution in [0.4, 0.5) is 0 Å². The minimum absolute atomic E-state index is 0. The molecule has 1 aliphatic rings. The molecule has 0 aliphatic carbocycles. The van der Waals surface area contributed by atoms with Crippen LogP contribution in [-0.4, -0.2) is 66.8 Å². The van der Waals surface area contributed by atoms with Gasteiger partial charge in [-0.2, -0.15) is 0 Å². The van der Waals surface area contributed by atoms with Crippen molar-refractivity contribution >= 4 is 30.1 Å². The topological polar surface area (TPSA) is 95.7 Å². The molecule has 1 aromatic rings. The molecule has 1 aromatic carbocycles. The van der Waals surface area contributed by atoms with E-state index in [4.69, 9.17) is 5.73 Å². The lowest BCUT2D eigenvalue weighted by molar-refractivity contribution is -0.133. The van der Waals surface area contributed by atoms with E-state index in [-0.39, 0.29) is 43.2 Å². The maximum Gasteiger partial charge on any atom is 0.253 e. The van der Waals surface area contributed by atoms with E-state index in [1.807, 2.05) is 31.2 Å². The third-order valence-corrected chi connectivity index (χ3v) is 3.84. The van der Waals surface area contributed by atoms with Gasteiger partial charge in [-0.25, -0.2) is 0 Å². The molecule has 7 nitrogen and oxygen atoms in total. The van der Waals surface area contributed by atoms with Gasteiger partial charge in [-0.15, -0.1) is 12.4 Å². The number of nitrogens with two attached hydrogens (primary N) is 1. The molecule has 0 radical (unpaired) electrons. The average Bonchev–Trinajstić information content (AvgIpc) is 2.59. The molecule has 1 fully saturated rings. The minimum atomic E-state index is -0.355. The zero-order valence-corrected chi connectivity index (χ0v) is 14.5. The molecule has 3 amide bonds. The van der Waals surface area contributed by atoms with Crippen LogP contribution in [0.15, 0.2) is 24.3 Å². The lowest BCUT2D eigenvalue weighted by Gasteiger charge is -2.34. The number of benzene rings is 1. The number of nitrogens with one attached hydrogen (secondary N) is 1. The standard InChI is InChI=1S/C16H22N4O3.ClH/c1-12-2-4-13(5-3-12)16(23)20-8-6-19(7-9-20)15(22)11-18-14(21)10-17;/h2-5H,6-11,17H2,1H3,(H,18,21);1H. The van der Waals surface area contributed by atoms with Crippen molar-refractivity contribution in [2.75, 3.05) is 39.3 Å². The molecular formula is C16H23ClN4O3. The van der Waals surface area contributed by atoms with E-state index >= 15 is 0 Å². The second kappa shape index (κ2) is 9.24. The first-order chi connectivity index (χ1) is 11.0. The normalized spacial score (nSPS) is 13.9. The summed E-state index contributed by atoms with van der Waals surface area (Å²) in [6.07, 6.45) is 0. The second-order valence-electron chi connectivity index (χ2n) is 5.52. The van der Waals surface area contributed by atoms with Gasteiger partial charge in [-0.1, -0.05) is 17.7 Å². The number of aryl methyl sites for hydroxylation is 1. The summed E-state index contributed by atoms with van der Waals surface area (Å²) in [6.45, 7) is 3.70. The van der Waals surface area contributed by atoms with Crippen LogP contribution in [0.5, 0.6) is 0 Å². The largest absolute Gasteiger partial charge is 0.346 e.